The summed E-state index contributed by atoms with van der Waals surface area (Å²) in [4.78, 5) is 22.6. The fourth-order valence-corrected chi connectivity index (χ4v) is 2.62. The van der Waals surface area contributed by atoms with Gasteiger partial charge < -0.3 is 9.47 Å². The molecule has 0 heterocycles. The van der Waals surface area contributed by atoms with E-state index in [9.17, 15) is 9.59 Å². The fraction of sp³-hybridized carbons (Fsp3) is 0.176. The summed E-state index contributed by atoms with van der Waals surface area (Å²) in [5.74, 6) is 0.106. The summed E-state index contributed by atoms with van der Waals surface area (Å²) >= 11 is 3.39. The van der Waals surface area contributed by atoms with Crippen LogP contribution >= 0.6 is 15.9 Å². The molecule has 0 saturated heterocycles. The fourth-order valence-electron chi connectivity index (χ4n) is 1.98. The Morgan fingerprint density at radius 2 is 1.91 bits per heavy atom. The van der Waals surface area contributed by atoms with Crippen LogP contribution < -0.4 is 4.74 Å². The Morgan fingerprint density at radius 3 is 2.55 bits per heavy atom. The first-order valence-corrected chi connectivity index (χ1v) is 7.44. The number of esters is 1. The number of hydrogen-bond acceptors (Lipinski definition) is 4. The van der Waals surface area contributed by atoms with E-state index < -0.39 is 0 Å². The molecule has 4 nitrogen and oxygen atoms in total. The van der Waals surface area contributed by atoms with Crippen LogP contribution in [-0.4, -0.2) is 19.4 Å². The minimum atomic E-state index is -0.360. The highest BCUT2D eigenvalue weighted by molar-refractivity contribution is 9.10. The first kappa shape index (κ1) is 16.2. The molecule has 0 aromatic heterocycles. The Hall–Kier alpha value is -2.14. The van der Waals surface area contributed by atoms with Crippen molar-refractivity contribution >= 4 is 28.2 Å². The summed E-state index contributed by atoms with van der Waals surface area (Å²) in [6.07, 6.45) is 0.820. The number of halogens is 1. The van der Waals surface area contributed by atoms with Crippen LogP contribution in [0.15, 0.2) is 46.9 Å². The van der Waals surface area contributed by atoms with E-state index in [4.69, 9.17) is 4.74 Å². The highest BCUT2D eigenvalue weighted by Gasteiger charge is 2.13. The van der Waals surface area contributed by atoms with Gasteiger partial charge in [-0.1, -0.05) is 30.3 Å². The van der Waals surface area contributed by atoms with Crippen molar-refractivity contribution in [2.45, 2.75) is 13.0 Å². The predicted octanol–water partition coefficient (Wildman–Crippen LogP) is 3.56. The molecule has 0 N–H and O–H groups in total. The van der Waals surface area contributed by atoms with E-state index in [1.165, 1.54) is 7.11 Å². The number of methoxy groups -OCH3 is 1. The van der Waals surface area contributed by atoms with Gasteiger partial charge in [-0.15, -0.1) is 0 Å². The summed E-state index contributed by atoms with van der Waals surface area (Å²) in [7, 11) is 1.33. The first-order valence-electron chi connectivity index (χ1n) is 6.65. The second-order valence-corrected chi connectivity index (χ2v) is 5.50. The normalized spacial score (nSPS) is 10.1. The summed E-state index contributed by atoms with van der Waals surface area (Å²) in [6, 6.07) is 13.1. The van der Waals surface area contributed by atoms with Gasteiger partial charge in [0.25, 0.3) is 0 Å². The topological polar surface area (TPSA) is 52.6 Å². The Balaban J connectivity index is 2.20. The molecule has 22 heavy (non-hydrogen) atoms. The lowest BCUT2D eigenvalue weighted by Gasteiger charge is -2.12. The summed E-state index contributed by atoms with van der Waals surface area (Å²) in [6.45, 7) is 0.358. The van der Waals surface area contributed by atoms with Crippen molar-refractivity contribution in [2.24, 2.45) is 0 Å². The Morgan fingerprint density at radius 1 is 1.18 bits per heavy atom. The lowest BCUT2D eigenvalue weighted by atomic mass is 10.1. The molecule has 2 aromatic rings. The van der Waals surface area contributed by atoms with E-state index in [-0.39, 0.29) is 12.4 Å². The molecule has 5 heteroatoms. The quantitative estimate of drug-likeness (QED) is 0.582. The molecule has 0 spiro atoms. The standard InChI is InChI=1S/C17H15BrO4/c1-21-16(20)9-13-7-14(10-19)17(15(18)8-13)22-11-12-5-3-2-4-6-12/h2-8,10H,9,11H2,1H3. The van der Waals surface area contributed by atoms with E-state index >= 15 is 0 Å². The smallest absolute Gasteiger partial charge is 0.309 e. The van der Waals surface area contributed by atoms with Gasteiger partial charge in [-0.05, 0) is 39.2 Å². The number of ether oxygens (including phenoxy) is 2. The van der Waals surface area contributed by atoms with Crippen molar-refractivity contribution in [1.82, 2.24) is 0 Å². The largest absolute Gasteiger partial charge is 0.487 e. The average molecular weight is 363 g/mol. The summed E-state index contributed by atoms with van der Waals surface area (Å²) < 4.78 is 11.0. The van der Waals surface area contributed by atoms with Crippen LogP contribution in [0.1, 0.15) is 21.5 Å². The second kappa shape index (κ2) is 7.75. The van der Waals surface area contributed by atoms with Crippen LogP contribution in [0.2, 0.25) is 0 Å². The Labute approximate surface area is 137 Å². The van der Waals surface area contributed by atoms with Crippen molar-refractivity contribution in [2.75, 3.05) is 7.11 Å². The van der Waals surface area contributed by atoms with Gasteiger partial charge in [-0.25, -0.2) is 0 Å². The predicted molar refractivity (Wildman–Crippen MR) is 86.0 cm³/mol. The van der Waals surface area contributed by atoms with E-state index in [2.05, 4.69) is 20.7 Å². The number of benzene rings is 2. The van der Waals surface area contributed by atoms with Crippen LogP contribution in [0, 0.1) is 0 Å². The number of hydrogen-bond donors (Lipinski definition) is 0. The molecule has 0 amide bonds. The molecule has 0 fully saturated rings. The molecule has 0 aliphatic heterocycles. The lowest BCUT2D eigenvalue weighted by molar-refractivity contribution is -0.139. The van der Waals surface area contributed by atoms with E-state index in [0.29, 0.717) is 34.2 Å². The minimum Gasteiger partial charge on any atom is -0.487 e. The van der Waals surface area contributed by atoms with Crippen LogP contribution in [0.5, 0.6) is 5.75 Å². The van der Waals surface area contributed by atoms with Crippen molar-refractivity contribution in [3.05, 3.63) is 63.6 Å². The maximum Gasteiger partial charge on any atom is 0.309 e. The molecular weight excluding hydrogens is 348 g/mol. The third kappa shape index (κ3) is 4.18. The lowest BCUT2D eigenvalue weighted by Crippen LogP contribution is -2.06. The van der Waals surface area contributed by atoms with Gasteiger partial charge in [-0.2, -0.15) is 0 Å². The molecule has 2 rings (SSSR count). The number of carbonyl (C=O) groups is 2. The van der Waals surface area contributed by atoms with Crippen LogP contribution in [0.4, 0.5) is 0 Å². The van der Waals surface area contributed by atoms with E-state index in [0.717, 1.165) is 5.56 Å². The molecule has 0 radical (unpaired) electrons. The van der Waals surface area contributed by atoms with Gasteiger partial charge in [0.15, 0.2) is 6.29 Å². The summed E-state index contributed by atoms with van der Waals surface area (Å²) in [5.41, 5.74) is 2.09. The minimum absolute atomic E-state index is 0.106. The van der Waals surface area contributed by atoms with Crippen molar-refractivity contribution in [1.29, 1.82) is 0 Å². The van der Waals surface area contributed by atoms with Crippen molar-refractivity contribution in [3.63, 3.8) is 0 Å². The maximum absolute atomic E-state index is 11.3. The molecule has 2 aromatic carbocycles. The maximum atomic E-state index is 11.3. The Bertz CT molecular complexity index is 668. The van der Waals surface area contributed by atoms with Crippen LogP contribution in [-0.2, 0) is 22.6 Å². The molecule has 0 unspecified atom stereocenters. The molecular formula is C17H15BrO4. The van der Waals surface area contributed by atoms with Gasteiger partial charge in [-0.3, -0.25) is 9.59 Å². The molecule has 0 aliphatic rings. The molecule has 0 saturated carbocycles. The van der Waals surface area contributed by atoms with Gasteiger partial charge in [0, 0.05) is 0 Å². The van der Waals surface area contributed by atoms with Gasteiger partial charge in [0.05, 0.1) is 23.6 Å². The number of aldehydes is 1. The zero-order valence-electron chi connectivity index (χ0n) is 12.0. The molecule has 0 bridgehead atoms. The number of carbonyl (C=O) groups excluding carboxylic acids is 2. The zero-order chi connectivity index (χ0) is 15.9. The Kier molecular flexibility index (Phi) is 5.72. The van der Waals surface area contributed by atoms with E-state index in [1.54, 1.807) is 12.1 Å². The van der Waals surface area contributed by atoms with Crippen LogP contribution in [0.3, 0.4) is 0 Å². The van der Waals surface area contributed by atoms with Crippen molar-refractivity contribution < 1.29 is 19.1 Å². The molecule has 0 aliphatic carbocycles. The van der Waals surface area contributed by atoms with E-state index in [1.807, 2.05) is 30.3 Å². The van der Waals surface area contributed by atoms with Crippen molar-refractivity contribution in [3.8, 4) is 5.75 Å². The third-order valence-electron chi connectivity index (χ3n) is 3.06. The van der Waals surface area contributed by atoms with Crippen LogP contribution in [0.25, 0.3) is 0 Å². The zero-order valence-corrected chi connectivity index (χ0v) is 13.6. The SMILES string of the molecule is COC(=O)Cc1cc(Br)c(OCc2ccccc2)c(C=O)c1. The third-order valence-corrected chi connectivity index (χ3v) is 3.65. The monoisotopic (exact) mass is 362 g/mol. The van der Waals surface area contributed by atoms with Gasteiger partial charge >= 0.3 is 5.97 Å². The first-order chi connectivity index (χ1) is 10.6. The highest BCUT2D eigenvalue weighted by atomic mass is 79.9. The van der Waals surface area contributed by atoms with Gasteiger partial charge in [0.1, 0.15) is 12.4 Å². The summed E-state index contributed by atoms with van der Waals surface area (Å²) in [5, 5.41) is 0. The average Bonchev–Trinajstić information content (AvgIpc) is 2.54. The van der Waals surface area contributed by atoms with Gasteiger partial charge in [0.2, 0.25) is 0 Å². The molecule has 114 valence electrons. The second-order valence-electron chi connectivity index (χ2n) is 4.64. The number of rotatable bonds is 6. The molecule has 0 atom stereocenters. The highest BCUT2D eigenvalue weighted by Crippen LogP contribution is 2.31.